The number of fused-ring (bicyclic) bond motifs is 1. The number of pyridine rings is 1. The molecule has 0 aliphatic carbocycles. The van der Waals surface area contributed by atoms with Gasteiger partial charge in [0.15, 0.2) is 0 Å². The first-order valence-electron chi connectivity index (χ1n) is 12.2. The van der Waals surface area contributed by atoms with E-state index in [4.69, 9.17) is 9.72 Å². The van der Waals surface area contributed by atoms with Crippen LogP contribution in [0.15, 0.2) is 12.1 Å². The number of carbonyl (C=O) groups excluding carboxylic acids is 1. The highest BCUT2D eigenvalue weighted by Crippen LogP contribution is 2.20. The molecule has 9 heteroatoms. The Hall–Kier alpha value is -2.39. The number of carboxylic acid groups (broad SMARTS) is 1. The Morgan fingerprint density at radius 1 is 1.21 bits per heavy atom. The molecule has 1 aromatic rings. The minimum Gasteiger partial charge on any atom is -0.480 e. The van der Waals surface area contributed by atoms with Crippen molar-refractivity contribution in [2.45, 2.75) is 90.4 Å². The van der Waals surface area contributed by atoms with Crippen molar-refractivity contribution in [3.63, 3.8) is 0 Å². The fraction of sp³-hybridized carbons (Fsp3) is 0.720. The maximum absolute atomic E-state index is 12.0. The fourth-order valence-corrected chi connectivity index (χ4v) is 3.99. The van der Waals surface area contributed by atoms with Gasteiger partial charge < -0.3 is 30.5 Å². The quantitative estimate of drug-likeness (QED) is 0.338. The summed E-state index contributed by atoms with van der Waals surface area (Å²) in [6.45, 7) is 11.2. The molecule has 0 unspecified atom stereocenters. The van der Waals surface area contributed by atoms with E-state index in [1.54, 1.807) is 34.6 Å². The summed E-state index contributed by atoms with van der Waals surface area (Å²) in [6.07, 6.45) is 4.36. The zero-order chi connectivity index (χ0) is 25.4. The van der Waals surface area contributed by atoms with Crippen molar-refractivity contribution in [1.82, 2.24) is 15.2 Å². The molecule has 1 aliphatic heterocycles. The number of unbranched alkanes of at least 4 members (excludes halogenated alkanes) is 1. The van der Waals surface area contributed by atoms with Gasteiger partial charge in [-0.3, -0.25) is 0 Å². The van der Waals surface area contributed by atoms with E-state index in [0.29, 0.717) is 19.6 Å². The van der Waals surface area contributed by atoms with Crippen LogP contribution in [0.5, 0.6) is 0 Å². The summed E-state index contributed by atoms with van der Waals surface area (Å²) >= 11 is 0. The zero-order valence-corrected chi connectivity index (χ0v) is 21.3. The first kappa shape index (κ1) is 27.9. The second-order valence-corrected chi connectivity index (χ2v) is 10.7. The van der Waals surface area contributed by atoms with Crippen LogP contribution in [0.4, 0.5) is 10.6 Å². The van der Waals surface area contributed by atoms with E-state index in [9.17, 15) is 19.8 Å². The number of aromatic nitrogens is 1. The van der Waals surface area contributed by atoms with Gasteiger partial charge >= 0.3 is 12.1 Å². The molecule has 0 saturated carbocycles. The summed E-state index contributed by atoms with van der Waals surface area (Å²) in [5, 5.41) is 25.7. The molecule has 2 rings (SSSR count). The van der Waals surface area contributed by atoms with E-state index >= 15 is 0 Å². The number of rotatable bonds is 12. The minimum atomic E-state index is -1.11. The molecule has 9 nitrogen and oxygen atoms in total. The molecule has 1 aliphatic rings. The van der Waals surface area contributed by atoms with E-state index in [1.807, 2.05) is 0 Å². The molecule has 1 atom stereocenters. The number of aliphatic carboxylic acids is 1. The Kier molecular flexibility index (Phi) is 10.1. The van der Waals surface area contributed by atoms with Crippen molar-refractivity contribution in [2.24, 2.45) is 0 Å². The van der Waals surface area contributed by atoms with Crippen molar-refractivity contribution in [1.29, 1.82) is 0 Å². The number of nitrogens with one attached hydrogen (secondary N) is 2. The van der Waals surface area contributed by atoms with Crippen LogP contribution in [0, 0.1) is 0 Å². The number of alkyl carbamates (subject to hydrolysis) is 1. The third-order valence-electron chi connectivity index (χ3n) is 5.44. The smallest absolute Gasteiger partial charge is 0.408 e. The van der Waals surface area contributed by atoms with Crippen LogP contribution in [-0.4, -0.2) is 75.6 Å². The van der Waals surface area contributed by atoms with Gasteiger partial charge in [-0.1, -0.05) is 6.07 Å². The van der Waals surface area contributed by atoms with Crippen molar-refractivity contribution in [3.8, 4) is 0 Å². The predicted octanol–water partition coefficient (Wildman–Crippen LogP) is 3.20. The van der Waals surface area contributed by atoms with Gasteiger partial charge in [0.2, 0.25) is 0 Å². The van der Waals surface area contributed by atoms with E-state index < -0.39 is 29.3 Å². The van der Waals surface area contributed by atoms with Gasteiger partial charge in [-0.25, -0.2) is 14.6 Å². The molecule has 1 amide bonds. The van der Waals surface area contributed by atoms with Crippen LogP contribution < -0.4 is 10.6 Å². The van der Waals surface area contributed by atoms with Gasteiger partial charge in [-0.2, -0.15) is 0 Å². The molecule has 4 N–H and O–H groups in total. The highest BCUT2D eigenvalue weighted by Gasteiger charge is 2.26. The lowest BCUT2D eigenvalue weighted by Crippen LogP contribution is -2.46. The Balaban J connectivity index is 1.86. The van der Waals surface area contributed by atoms with Gasteiger partial charge in [0.25, 0.3) is 0 Å². The number of hydrogen-bond donors (Lipinski definition) is 4. The monoisotopic (exact) mass is 478 g/mol. The molecule has 0 saturated heterocycles. The number of carbonyl (C=O) groups is 2. The number of aryl methyl sites for hydroxylation is 2. The molecule has 1 aromatic heterocycles. The van der Waals surface area contributed by atoms with Crippen LogP contribution in [0.3, 0.4) is 0 Å². The van der Waals surface area contributed by atoms with Crippen LogP contribution in [0.2, 0.25) is 0 Å². The first-order chi connectivity index (χ1) is 15.8. The second-order valence-electron chi connectivity index (χ2n) is 10.7. The highest BCUT2D eigenvalue weighted by atomic mass is 16.6. The Morgan fingerprint density at radius 3 is 2.59 bits per heavy atom. The molecule has 192 valence electrons. The van der Waals surface area contributed by atoms with Crippen molar-refractivity contribution in [3.05, 3.63) is 23.4 Å². The van der Waals surface area contributed by atoms with Crippen LogP contribution in [0.25, 0.3) is 0 Å². The SMILES string of the molecule is CC(C)(O)CN(CCCCc1ccc2c(n1)NCCC2)CC[C@H](NC(=O)OC(C)(C)C)C(=O)O. The average molecular weight is 479 g/mol. The number of hydrogen-bond acceptors (Lipinski definition) is 7. The standard InChI is InChI=1S/C25H42N4O5/c1-24(2,3)34-23(32)28-20(22(30)31)13-16-29(17-25(4,5)33)15-7-6-10-19-12-11-18-9-8-14-26-21(18)27-19/h11-12,20,33H,6-10,13-17H2,1-5H3,(H,26,27)(H,28,32)(H,30,31)/t20-/m0/s1. The van der Waals surface area contributed by atoms with Crippen LogP contribution in [0.1, 0.15) is 71.6 Å². The zero-order valence-electron chi connectivity index (χ0n) is 21.3. The number of nitrogens with zero attached hydrogens (tertiary/aromatic N) is 2. The number of ether oxygens (including phenoxy) is 1. The maximum atomic E-state index is 12.0. The van der Waals surface area contributed by atoms with Crippen LogP contribution in [-0.2, 0) is 22.4 Å². The number of aliphatic hydroxyl groups is 1. The third kappa shape index (κ3) is 10.7. The van der Waals surface area contributed by atoms with Gasteiger partial charge in [0.1, 0.15) is 17.5 Å². The molecule has 2 heterocycles. The number of amides is 1. The van der Waals surface area contributed by atoms with Gasteiger partial charge in [0.05, 0.1) is 5.60 Å². The lowest BCUT2D eigenvalue weighted by Gasteiger charge is -2.30. The van der Waals surface area contributed by atoms with Crippen LogP contribution >= 0.6 is 0 Å². The molecule has 0 aromatic carbocycles. The average Bonchev–Trinajstić information content (AvgIpc) is 2.71. The fourth-order valence-electron chi connectivity index (χ4n) is 3.99. The van der Waals surface area contributed by atoms with E-state index in [-0.39, 0.29) is 6.42 Å². The topological polar surface area (TPSA) is 124 Å². The summed E-state index contributed by atoms with van der Waals surface area (Å²) in [5.74, 6) is -0.106. The summed E-state index contributed by atoms with van der Waals surface area (Å²) < 4.78 is 5.18. The van der Waals surface area contributed by atoms with E-state index in [0.717, 1.165) is 50.2 Å². The lowest BCUT2D eigenvalue weighted by molar-refractivity contribution is -0.139. The lowest BCUT2D eigenvalue weighted by atomic mass is 10.1. The highest BCUT2D eigenvalue weighted by molar-refractivity contribution is 5.80. The molecule has 0 radical (unpaired) electrons. The molecular weight excluding hydrogens is 436 g/mol. The minimum absolute atomic E-state index is 0.211. The second kappa shape index (κ2) is 12.4. The van der Waals surface area contributed by atoms with Crippen molar-refractivity contribution < 1.29 is 24.5 Å². The van der Waals surface area contributed by atoms with Crippen molar-refractivity contribution in [2.75, 3.05) is 31.5 Å². The summed E-state index contributed by atoms with van der Waals surface area (Å²) in [6, 6.07) is 3.19. The van der Waals surface area contributed by atoms with Crippen molar-refractivity contribution >= 4 is 17.9 Å². The third-order valence-corrected chi connectivity index (χ3v) is 5.44. The first-order valence-corrected chi connectivity index (χ1v) is 12.2. The van der Waals surface area contributed by atoms with Gasteiger partial charge in [-0.15, -0.1) is 0 Å². The van der Waals surface area contributed by atoms with E-state index in [2.05, 4.69) is 27.7 Å². The normalized spacial score (nSPS) is 14.8. The summed E-state index contributed by atoms with van der Waals surface area (Å²) in [5.41, 5.74) is 0.723. The molecule has 0 spiro atoms. The Bertz CT molecular complexity index is 817. The number of anilines is 1. The predicted molar refractivity (Wildman–Crippen MR) is 132 cm³/mol. The largest absolute Gasteiger partial charge is 0.480 e. The molecule has 0 fully saturated rings. The van der Waals surface area contributed by atoms with E-state index in [1.165, 1.54) is 5.56 Å². The number of carboxylic acids is 1. The molecular formula is C25H42N4O5. The summed E-state index contributed by atoms with van der Waals surface area (Å²) in [4.78, 5) is 30.5. The maximum Gasteiger partial charge on any atom is 0.408 e. The Morgan fingerprint density at radius 2 is 1.94 bits per heavy atom. The Labute approximate surface area is 203 Å². The molecule has 34 heavy (non-hydrogen) atoms. The summed E-state index contributed by atoms with van der Waals surface area (Å²) in [7, 11) is 0. The molecule has 0 bridgehead atoms. The van der Waals surface area contributed by atoms with Gasteiger partial charge in [-0.05, 0) is 91.3 Å². The van der Waals surface area contributed by atoms with Gasteiger partial charge in [0, 0.05) is 25.3 Å².